The molecule has 26 heavy (non-hydrogen) atoms. The zero-order chi connectivity index (χ0) is 21.1. The summed E-state index contributed by atoms with van der Waals surface area (Å²) >= 11 is 0. The highest BCUT2D eigenvalue weighted by Crippen LogP contribution is 2.19. The molecule has 160 valence electrons. The van der Waals surface area contributed by atoms with Crippen molar-refractivity contribution in [3.8, 4) is 0 Å². The average Bonchev–Trinajstić information content (AvgIpc) is 2.65. The van der Waals surface area contributed by atoms with Crippen LogP contribution < -0.4 is 10.6 Å². The smallest absolute Gasteiger partial charge is 0.143 e. The van der Waals surface area contributed by atoms with E-state index in [-0.39, 0.29) is 5.78 Å². The molecule has 8 nitrogen and oxygen atoms in total. The van der Waals surface area contributed by atoms with Gasteiger partial charge in [-0.1, -0.05) is 41.0 Å². The van der Waals surface area contributed by atoms with Crippen molar-refractivity contribution < 1.29 is 30.0 Å². The van der Waals surface area contributed by atoms with Crippen LogP contribution in [0.1, 0.15) is 54.4 Å². The fourth-order valence-electron chi connectivity index (χ4n) is 1.94. The predicted molar refractivity (Wildman–Crippen MR) is 104 cm³/mol. The first kappa shape index (κ1) is 30.1. The Balaban J connectivity index is -0.000000445. The van der Waals surface area contributed by atoms with Crippen LogP contribution in [0.5, 0.6) is 0 Å². The molecule has 0 radical (unpaired) electrons. The molecule has 1 heterocycles. The summed E-state index contributed by atoms with van der Waals surface area (Å²) in [5.41, 5.74) is 0. The average molecular weight is 383 g/mol. The largest absolute Gasteiger partial charge is 0.394 e. The molecule has 1 rings (SSSR count). The van der Waals surface area contributed by atoms with E-state index in [1.165, 1.54) is 0 Å². The second-order valence-corrected chi connectivity index (χ2v) is 5.29. The van der Waals surface area contributed by atoms with Crippen LogP contribution in [0.3, 0.4) is 0 Å². The molecule has 0 aromatic carbocycles. The number of unbranched alkanes of at least 4 members (excludes halogenated alkanes) is 1. The minimum absolute atomic E-state index is 0.178. The first-order valence-electron chi connectivity index (χ1n) is 9.56. The molecular formula is C18H42N2O6. The minimum atomic E-state index is -1.30. The number of carbonyl (C=O) groups is 1. The lowest BCUT2D eigenvalue weighted by Gasteiger charge is -2.40. The maximum atomic E-state index is 9.98. The van der Waals surface area contributed by atoms with Crippen LogP contribution in [-0.2, 0) is 9.53 Å². The van der Waals surface area contributed by atoms with Gasteiger partial charge < -0.3 is 30.5 Å². The zero-order valence-corrected chi connectivity index (χ0v) is 17.5. The van der Waals surface area contributed by atoms with Gasteiger partial charge >= 0.3 is 0 Å². The lowest BCUT2D eigenvalue weighted by Crippen LogP contribution is -2.62. The summed E-state index contributed by atoms with van der Waals surface area (Å²) in [7, 11) is 1.75. The molecule has 8 heteroatoms. The van der Waals surface area contributed by atoms with Crippen LogP contribution in [0.15, 0.2) is 0 Å². The second-order valence-electron chi connectivity index (χ2n) is 5.29. The highest BCUT2D eigenvalue weighted by atomic mass is 16.6. The number of rotatable bonds is 7. The summed E-state index contributed by atoms with van der Waals surface area (Å²) in [5, 5.41) is 43.3. The third-order valence-electron chi connectivity index (χ3n) is 3.19. The van der Waals surface area contributed by atoms with Crippen molar-refractivity contribution >= 4 is 5.78 Å². The quantitative estimate of drug-likeness (QED) is 0.340. The van der Waals surface area contributed by atoms with E-state index >= 15 is 0 Å². The number of ketones is 1. The molecule has 0 aromatic rings. The molecule has 1 saturated heterocycles. The number of hydrogen-bond acceptors (Lipinski definition) is 8. The van der Waals surface area contributed by atoms with E-state index in [9.17, 15) is 20.1 Å². The van der Waals surface area contributed by atoms with Crippen molar-refractivity contribution in [3.05, 3.63) is 0 Å². The van der Waals surface area contributed by atoms with Gasteiger partial charge in [0.25, 0.3) is 0 Å². The molecule has 1 aliphatic rings. The Morgan fingerprint density at radius 2 is 1.58 bits per heavy atom. The molecular weight excluding hydrogens is 340 g/mol. The number of nitrogens with one attached hydrogen (secondary N) is 2. The Morgan fingerprint density at radius 3 is 1.92 bits per heavy atom. The number of aliphatic hydroxyl groups is 4. The van der Waals surface area contributed by atoms with Crippen LogP contribution in [0.4, 0.5) is 0 Å². The van der Waals surface area contributed by atoms with E-state index in [0.717, 1.165) is 12.8 Å². The molecule has 0 saturated carbocycles. The highest BCUT2D eigenvalue weighted by Gasteiger charge is 2.42. The normalized spacial score (nSPS) is 27.0. The second kappa shape index (κ2) is 20.7. The summed E-state index contributed by atoms with van der Waals surface area (Å²) in [6, 6.07) is 0. The van der Waals surface area contributed by atoms with Gasteiger partial charge in [0.15, 0.2) is 0 Å². The van der Waals surface area contributed by atoms with Gasteiger partial charge in [0, 0.05) is 0 Å². The SMILES string of the molecule is CC.CC.CCCCNC1OC(CO)C(O)C(O)C1O.CNCC(C)=O. The van der Waals surface area contributed by atoms with Gasteiger partial charge in [0.1, 0.15) is 36.4 Å². The van der Waals surface area contributed by atoms with Crippen molar-refractivity contribution in [2.24, 2.45) is 0 Å². The fourth-order valence-corrected chi connectivity index (χ4v) is 1.94. The van der Waals surface area contributed by atoms with Gasteiger partial charge in [-0.25, -0.2) is 0 Å². The van der Waals surface area contributed by atoms with E-state index < -0.39 is 37.3 Å². The molecule has 0 aliphatic carbocycles. The molecule has 5 unspecified atom stereocenters. The van der Waals surface area contributed by atoms with Crippen LogP contribution in [0, 0.1) is 0 Å². The summed E-state index contributed by atoms with van der Waals surface area (Å²) < 4.78 is 5.26. The van der Waals surface area contributed by atoms with E-state index in [1.807, 2.05) is 34.6 Å². The monoisotopic (exact) mass is 382 g/mol. The first-order valence-corrected chi connectivity index (χ1v) is 9.56. The number of hydrogen-bond donors (Lipinski definition) is 6. The number of aliphatic hydroxyl groups excluding tert-OH is 4. The zero-order valence-electron chi connectivity index (χ0n) is 17.5. The van der Waals surface area contributed by atoms with Gasteiger partial charge in [-0.3, -0.25) is 10.1 Å². The molecule has 1 aliphatic heterocycles. The Bertz CT molecular complexity index is 305. The third kappa shape index (κ3) is 13.6. The molecule has 1 fully saturated rings. The molecule has 0 bridgehead atoms. The topological polar surface area (TPSA) is 131 Å². The van der Waals surface area contributed by atoms with Gasteiger partial charge in [-0.2, -0.15) is 0 Å². The lowest BCUT2D eigenvalue weighted by molar-refractivity contribution is -0.236. The first-order chi connectivity index (χ1) is 12.4. The Morgan fingerprint density at radius 1 is 1.04 bits per heavy atom. The summed E-state index contributed by atoms with van der Waals surface area (Å²) in [4.78, 5) is 9.98. The summed E-state index contributed by atoms with van der Waals surface area (Å²) in [5.74, 6) is 0.178. The van der Waals surface area contributed by atoms with Gasteiger partial charge in [-0.15, -0.1) is 0 Å². The third-order valence-corrected chi connectivity index (χ3v) is 3.19. The molecule has 6 N–H and O–H groups in total. The minimum Gasteiger partial charge on any atom is -0.394 e. The van der Waals surface area contributed by atoms with Gasteiger partial charge in [0.2, 0.25) is 0 Å². The van der Waals surface area contributed by atoms with Crippen molar-refractivity contribution in [2.75, 3.05) is 26.7 Å². The fraction of sp³-hybridized carbons (Fsp3) is 0.944. The Hall–Kier alpha value is -0.610. The van der Waals surface area contributed by atoms with E-state index in [1.54, 1.807) is 14.0 Å². The standard InChI is InChI=1S/C10H21NO5.C4H9NO.2C2H6/c1-2-3-4-11-10-9(15)8(14)7(13)6(5-12)16-10;1-4(6)3-5-2;2*1-2/h6-15H,2-5H2,1H3;5H,3H2,1-2H3;2*1-2H3. The maximum Gasteiger partial charge on any atom is 0.143 e. The van der Waals surface area contributed by atoms with Crippen molar-refractivity contribution in [1.29, 1.82) is 0 Å². The van der Waals surface area contributed by atoms with E-state index in [0.29, 0.717) is 13.1 Å². The van der Waals surface area contributed by atoms with Gasteiger partial charge in [-0.05, 0) is 26.9 Å². The van der Waals surface area contributed by atoms with Crippen molar-refractivity contribution in [2.45, 2.75) is 85.0 Å². The molecule has 0 amide bonds. The molecule has 5 atom stereocenters. The lowest BCUT2D eigenvalue weighted by atomic mass is 9.98. The number of ether oxygens (including phenoxy) is 1. The van der Waals surface area contributed by atoms with E-state index in [4.69, 9.17) is 9.84 Å². The van der Waals surface area contributed by atoms with Crippen LogP contribution >= 0.6 is 0 Å². The summed E-state index contributed by atoms with van der Waals surface area (Å²) in [6.07, 6.45) is -3.43. The van der Waals surface area contributed by atoms with Crippen molar-refractivity contribution in [3.63, 3.8) is 0 Å². The Labute approximate surface area is 159 Å². The molecule has 0 spiro atoms. The number of likely N-dealkylation sites (N-methyl/N-ethyl adjacent to an activating group) is 1. The number of Topliss-reactive ketones (excluding diaryl/α,β-unsaturated/α-hetero) is 1. The van der Waals surface area contributed by atoms with Crippen LogP contribution in [0.25, 0.3) is 0 Å². The summed E-state index contributed by atoms with van der Waals surface area (Å²) in [6.45, 7) is 12.3. The van der Waals surface area contributed by atoms with Crippen LogP contribution in [-0.4, -0.2) is 83.6 Å². The van der Waals surface area contributed by atoms with Crippen LogP contribution in [0.2, 0.25) is 0 Å². The Kier molecular flexibility index (Phi) is 24.0. The maximum absolute atomic E-state index is 9.98. The number of carbonyl (C=O) groups excluding carboxylic acids is 1. The predicted octanol–water partition coefficient (Wildman–Crippen LogP) is 0.0232. The van der Waals surface area contributed by atoms with Crippen molar-refractivity contribution in [1.82, 2.24) is 10.6 Å². The van der Waals surface area contributed by atoms with Gasteiger partial charge in [0.05, 0.1) is 13.2 Å². The molecule has 0 aromatic heterocycles. The van der Waals surface area contributed by atoms with E-state index in [2.05, 4.69) is 10.6 Å². The highest BCUT2D eigenvalue weighted by molar-refractivity contribution is 5.77.